The number of nitrogens with one attached hydrogen (secondary N) is 1. The lowest BCUT2D eigenvalue weighted by Gasteiger charge is -2.35. The van der Waals surface area contributed by atoms with Crippen molar-refractivity contribution in [2.75, 3.05) is 26.2 Å². The van der Waals surface area contributed by atoms with E-state index in [1.807, 2.05) is 0 Å². The molecule has 3 nitrogen and oxygen atoms in total. The van der Waals surface area contributed by atoms with Crippen LogP contribution >= 0.6 is 0 Å². The molecule has 1 fully saturated rings. The van der Waals surface area contributed by atoms with Crippen LogP contribution in [0.4, 0.5) is 0 Å². The lowest BCUT2D eigenvalue weighted by Crippen LogP contribution is -2.50. The van der Waals surface area contributed by atoms with Gasteiger partial charge in [0, 0.05) is 18.1 Å². The minimum atomic E-state index is -0.134. The van der Waals surface area contributed by atoms with Gasteiger partial charge in [0.15, 0.2) is 0 Å². The Bertz CT molecular complexity index is 257. The zero-order chi connectivity index (χ0) is 14.5. The highest BCUT2D eigenvalue weighted by Gasteiger charge is 2.32. The van der Waals surface area contributed by atoms with E-state index in [0.29, 0.717) is 6.04 Å². The molecule has 3 unspecified atom stereocenters. The van der Waals surface area contributed by atoms with Crippen molar-refractivity contribution in [2.45, 2.75) is 65.5 Å². The Labute approximate surface area is 119 Å². The Kier molecular flexibility index (Phi) is 6.78. The Hall–Kier alpha value is -0.120. The molecule has 0 spiro atoms. The average molecular weight is 270 g/mol. The normalized spacial score (nSPS) is 25.7. The van der Waals surface area contributed by atoms with Gasteiger partial charge < -0.3 is 15.3 Å². The molecule has 114 valence electrons. The van der Waals surface area contributed by atoms with E-state index in [0.717, 1.165) is 31.2 Å². The van der Waals surface area contributed by atoms with Gasteiger partial charge in [-0.25, -0.2) is 0 Å². The molecular formula is C16H34N2O. The van der Waals surface area contributed by atoms with Crippen molar-refractivity contribution in [1.29, 1.82) is 0 Å². The molecule has 0 saturated carbocycles. The van der Waals surface area contributed by atoms with Crippen LogP contribution in [-0.4, -0.2) is 47.8 Å². The lowest BCUT2D eigenvalue weighted by atomic mass is 9.93. The zero-order valence-corrected chi connectivity index (χ0v) is 13.6. The molecule has 1 heterocycles. The van der Waals surface area contributed by atoms with Crippen LogP contribution in [0.1, 0.15) is 53.9 Å². The number of rotatable bonds is 8. The van der Waals surface area contributed by atoms with Crippen molar-refractivity contribution in [3.63, 3.8) is 0 Å². The largest absolute Gasteiger partial charge is 0.394 e. The van der Waals surface area contributed by atoms with Gasteiger partial charge in [-0.15, -0.1) is 0 Å². The van der Waals surface area contributed by atoms with Crippen LogP contribution in [-0.2, 0) is 0 Å². The van der Waals surface area contributed by atoms with Gasteiger partial charge >= 0.3 is 0 Å². The van der Waals surface area contributed by atoms with E-state index in [1.165, 1.54) is 19.5 Å². The number of hydrogen-bond acceptors (Lipinski definition) is 3. The fourth-order valence-corrected chi connectivity index (χ4v) is 3.16. The first-order valence-electron chi connectivity index (χ1n) is 8.01. The van der Waals surface area contributed by atoms with Gasteiger partial charge in [0.1, 0.15) is 0 Å². The Morgan fingerprint density at radius 1 is 1.37 bits per heavy atom. The average Bonchev–Trinajstić information content (AvgIpc) is 2.86. The quantitative estimate of drug-likeness (QED) is 0.711. The summed E-state index contributed by atoms with van der Waals surface area (Å²) in [6.45, 7) is 14.9. The van der Waals surface area contributed by atoms with E-state index in [1.54, 1.807) is 0 Å². The Morgan fingerprint density at radius 3 is 2.53 bits per heavy atom. The molecule has 3 atom stereocenters. The molecule has 1 aliphatic heterocycles. The number of likely N-dealkylation sites (tertiary alicyclic amines) is 1. The third-order valence-corrected chi connectivity index (χ3v) is 4.72. The lowest BCUT2D eigenvalue weighted by molar-refractivity contribution is 0.123. The summed E-state index contributed by atoms with van der Waals surface area (Å²) in [5, 5.41) is 13.2. The summed E-state index contributed by atoms with van der Waals surface area (Å²) >= 11 is 0. The highest BCUT2D eigenvalue weighted by atomic mass is 16.3. The van der Waals surface area contributed by atoms with Crippen LogP contribution in [0, 0.1) is 11.8 Å². The first-order chi connectivity index (χ1) is 8.91. The first kappa shape index (κ1) is 16.9. The maximum absolute atomic E-state index is 9.66. The number of nitrogens with zero attached hydrogens (tertiary/aromatic N) is 1. The highest BCUT2D eigenvalue weighted by Crippen LogP contribution is 2.27. The van der Waals surface area contributed by atoms with Gasteiger partial charge in [0.25, 0.3) is 0 Å². The van der Waals surface area contributed by atoms with E-state index in [2.05, 4.69) is 44.8 Å². The molecule has 3 heteroatoms. The molecule has 0 radical (unpaired) electrons. The first-order valence-corrected chi connectivity index (χ1v) is 8.01. The van der Waals surface area contributed by atoms with Crippen LogP contribution in [0.5, 0.6) is 0 Å². The van der Waals surface area contributed by atoms with E-state index < -0.39 is 0 Å². The maximum Gasteiger partial charge on any atom is 0.0611 e. The Morgan fingerprint density at radius 2 is 2.05 bits per heavy atom. The van der Waals surface area contributed by atoms with Gasteiger partial charge in [0.05, 0.1) is 6.61 Å². The van der Waals surface area contributed by atoms with Crippen molar-refractivity contribution >= 4 is 0 Å². The zero-order valence-electron chi connectivity index (χ0n) is 13.6. The van der Waals surface area contributed by atoms with E-state index >= 15 is 0 Å². The minimum Gasteiger partial charge on any atom is -0.394 e. The van der Waals surface area contributed by atoms with E-state index in [-0.39, 0.29) is 12.1 Å². The number of hydrogen-bond donors (Lipinski definition) is 2. The van der Waals surface area contributed by atoms with Gasteiger partial charge in [0.2, 0.25) is 0 Å². The molecule has 1 aliphatic rings. The summed E-state index contributed by atoms with van der Waals surface area (Å²) in [7, 11) is 0. The molecule has 0 bridgehead atoms. The van der Waals surface area contributed by atoms with Gasteiger partial charge in [-0.1, -0.05) is 20.8 Å². The van der Waals surface area contributed by atoms with Gasteiger partial charge in [-0.3, -0.25) is 0 Å². The third-order valence-electron chi connectivity index (χ3n) is 4.72. The third kappa shape index (κ3) is 5.05. The van der Waals surface area contributed by atoms with Gasteiger partial charge in [-0.2, -0.15) is 0 Å². The van der Waals surface area contributed by atoms with Crippen molar-refractivity contribution < 1.29 is 5.11 Å². The predicted molar refractivity (Wildman–Crippen MR) is 82.4 cm³/mol. The second-order valence-corrected chi connectivity index (χ2v) is 6.99. The minimum absolute atomic E-state index is 0.134. The summed E-state index contributed by atoms with van der Waals surface area (Å²) < 4.78 is 0. The molecule has 1 saturated heterocycles. The van der Waals surface area contributed by atoms with Crippen molar-refractivity contribution in [3.8, 4) is 0 Å². The molecule has 2 N–H and O–H groups in total. The van der Waals surface area contributed by atoms with E-state index in [9.17, 15) is 5.11 Å². The van der Waals surface area contributed by atoms with Crippen LogP contribution in [0.15, 0.2) is 0 Å². The Balaban J connectivity index is 2.47. The summed E-state index contributed by atoms with van der Waals surface area (Å²) in [5.74, 6) is 1.64. The molecular weight excluding hydrogens is 236 g/mol. The van der Waals surface area contributed by atoms with Gasteiger partial charge in [-0.05, 0) is 58.0 Å². The molecule has 1 rings (SSSR count). The molecule has 0 aromatic heterocycles. The summed E-state index contributed by atoms with van der Waals surface area (Å²) in [5.41, 5.74) is -0.134. The van der Waals surface area contributed by atoms with Crippen molar-refractivity contribution in [1.82, 2.24) is 10.2 Å². The maximum atomic E-state index is 9.66. The molecule has 0 aromatic carbocycles. The van der Waals surface area contributed by atoms with Crippen molar-refractivity contribution in [3.05, 3.63) is 0 Å². The summed E-state index contributed by atoms with van der Waals surface area (Å²) in [6.07, 6.45) is 3.47. The number of aliphatic hydroxyl groups excluding tert-OH is 1. The van der Waals surface area contributed by atoms with E-state index in [4.69, 9.17) is 0 Å². The second kappa shape index (κ2) is 7.61. The topological polar surface area (TPSA) is 35.5 Å². The van der Waals surface area contributed by atoms with Crippen LogP contribution in [0.3, 0.4) is 0 Å². The van der Waals surface area contributed by atoms with Crippen molar-refractivity contribution in [2.24, 2.45) is 11.8 Å². The molecule has 0 aromatic rings. The molecule has 19 heavy (non-hydrogen) atoms. The fraction of sp³-hybridized carbons (Fsp3) is 1.00. The molecule has 0 aliphatic carbocycles. The second-order valence-electron chi connectivity index (χ2n) is 6.99. The van der Waals surface area contributed by atoms with Crippen LogP contribution < -0.4 is 5.32 Å². The standard InChI is InChI=1S/C16H34N2O/c1-6-8-17-16(5,12-19)10-14(4)18-9-7-15(11-18)13(2)3/h13-15,17,19H,6-12H2,1-5H3. The molecule has 0 amide bonds. The SMILES string of the molecule is CCCNC(C)(CO)CC(C)N1CCC(C(C)C)C1. The monoisotopic (exact) mass is 270 g/mol. The fourth-order valence-electron chi connectivity index (χ4n) is 3.16. The van der Waals surface area contributed by atoms with Crippen LogP contribution in [0.25, 0.3) is 0 Å². The predicted octanol–water partition coefficient (Wildman–Crippen LogP) is 2.49. The summed E-state index contributed by atoms with van der Waals surface area (Å²) in [6, 6.07) is 0.547. The van der Waals surface area contributed by atoms with Crippen LogP contribution in [0.2, 0.25) is 0 Å². The highest BCUT2D eigenvalue weighted by molar-refractivity contribution is 4.89. The smallest absolute Gasteiger partial charge is 0.0611 e. The summed E-state index contributed by atoms with van der Waals surface area (Å²) in [4.78, 5) is 2.60. The number of aliphatic hydroxyl groups is 1.